The van der Waals surface area contributed by atoms with E-state index in [4.69, 9.17) is 11.6 Å². The summed E-state index contributed by atoms with van der Waals surface area (Å²) in [6.07, 6.45) is 0. The number of anilines is 1. The first-order valence-electron chi connectivity index (χ1n) is 8.40. The van der Waals surface area contributed by atoms with Gasteiger partial charge in [-0.05, 0) is 56.3 Å². The summed E-state index contributed by atoms with van der Waals surface area (Å²) in [5.41, 5.74) is 1.32. The lowest BCUT2D eigenvalue weighted by Crippen LogP contribution is -2.23. The van der Waals surface area contributed by atoms with Gasteiger partial charge in [-0.15, -0.1) is 10.2 Å². The second-order valence-corrected chi connectivity index (χ2v) is 7.56. The first-order valence-corrected chi connectivity index (χ1v) is 9.66. The summed E-state index contributed by atoms with van der Waals surface area (Å²) in [5.74, 6) is 0.0881. The Labute approximate surface area is 166 Å². The van der Waals surface area contributed by atoms with Crippen LogP contribution in [0.1, 0.15) is 13.8 Å². The van der Waals surface area contributed by atoms with Crippen molar-refractivity contribution in [1.29, 1.82) is 0 Å². The Hall–Kier alpha value is -2.38. The van der Waals surface area contributed by atoms with Crippen LogP contribution < -0.4 is 5.32 Å². The van der Waals surface area contributed by atoms with E-state index in [1.807, 2.05) is 23.6 Å². The smallest absolute Gasteiger partial charge is 0.237 e. The van der Waals surface area contributed by atoms with Crippen molar-refractivity contribution in [2.24, 2.45) is 0 Å². The summed E-state index contributed by atoms with van der Waals surface area (Å²) in [6.45, 7) is 4.42. The molecule has 0 radical (unpaired) electrons. The topological polar surface area (TPSA) is 59.8 Å². The quantitative estimate of drug-likeness (QED) is 0.595. The summed E-state index contributed by atoms with van der Waals surface area (Å²) in [4.78, 5) is 12.4. The lowest BCUT2D eigenvalue weighted by atomic mass is 10.2. The molecule has 0 bridgehead atoms. The summed E-state index contributed by atoms with van der Waals surface area (Å²) < 4.78 is 15.2. The Bertz CT molecular complexity index is 945. The van der Waals surface area contributed by atoms with Crippen molar-refractivity contribution < 1.29 is 9.18 Å². The van der Waals surface area contributed by atoms with Crippen LogP contribution in [0, 0.1) is 5.82 Å². The SMILES string of the molecule is CCn1c(S[C@@H](C)C(=O)Nc2cccc(F)c2)nnc1-c1ccc(Cl)cc1. The number of nitrogens with one attached hydrogen (secondary N) is 1. The lowest BCUT2D eigenvalue weighted by Gasteiger charge is -2.13. The average Bonchev–Trinajstić information content (AvgIpc) is 3.04. The first kappa shape index (κ1) is 19.4. The monoisotopic (exact) mass is 404 g/mol. The van der Waals surface area contributed by atoms with E-state index in [1.165, 1.54) is 23.9 Å². The van der Waals surface area contributed by atoms with E-state index in [9.17, 15) is 9.18 Å². The predicted molar refractivity (Wildman–Crippen MR) is 106 cm³/mol. The van der Waals surface area contributed by atoms with E-state index in [2.05, 4.69) is 15.5 Å². The van der Waals surface area contributed by atoms with Gasteiger partial charge in [-0.1, -0.05) is 29.4 Å². The van der Waals surface area contributed by atoms with Crippen LogP contribution >= 0.6 is 23.4 Å². The van der Waals surface area contributed by atoms with Gasteiger partial charge < -0.3 is 9.88 Å². The zero-order valence-corrected chi connectivity index (χ0v) is 16.4. The second-order valence-electron chi connectivity index (χ2n) is 5.82. The first-order chi connectivity index (χ1) is 13.0. The van der Waals surface area contributed by atoms with Crippen molar-refractivity contribution in [2.45, 2.75) is 30.8 Å². The van der Waals surface area contributed by atoms with Crippen molar-refractivity contribution >= 4 is 35.0 Å². The molecule has 0 saturated carbocycles. The molecule has 1 heterocycles. The minimum Gasteiger partial charge on any atom is -0.325 e. The number of rotatable bonds is 6. The van der Waals surface area contributed by atoms with Crippen LogP contribution in [0.4, 0.5) is 10.1 Å². The molecule has 1 aromatic heterocycles. The molecule has 2 aromatic carbocycles. The lowest BCUT2D eigenvalue weighted by molar-refractivity contribution is -0.115. The van der Waals surface area contributed by atoms with E-state index in [0.717, 1.165) is 11.4 Å². The largest absolute Gasteiger partial charge is 0.325 e. The summed E-state index contributed by atoms with van der Waals surface area (Å²) in [6, 6.07) is 13.2. The molecule has 0 aliphatic carbocycles. The third-order valence-electron chi connectivity index (χ3n) is 3.88. The minimum atomic E-state index is -0.430. The van der Waals surface area contributed by atoms with Gasteiger partial charge in [-0.2, -0.15) is 0 Å². The molecule has 3 aromatic rings. The van der Waals surface area contributed by atoms with E-state index in [1.54, 1.807) is 31.2 Å². The van der Waals surface area contributed by atoms with Gasteiger partial charge in [-0.25, -0.2) is 4.39 Å². The molecule has 8 heteroatoms. The Kier molecular flexibility index (Phi) is 6.13. The van der Waals surface area contributed by atoms with Gasteiger partial charge in [-0.3, -0.25) is 4.79 Å². The third-order valence-corrected chi connectivity index (χ3v) is 5.21. The molecule has 0 fully saturated rings. The van der Waals surface area contributed by atoms with Gasteiger partial charge in [0.05, 0.1) is 5.25 Å². The standard InChI is InChI=1S/C19H18ClFN4OS/c1-3-25-17(13-7-9-14(20)10-8-13)23-24-19(25)27-12(2)18(26)22-16-6-4-5-15(21)11-16/h4-12H,3H2,1-2H3,(H,22,26)/t12-/m0/s1. The van der Waals surface area contributed by atoms with Gasteiger partial charge in [0.1, 0.15) is 5.82 Å². The van der Waals surface area contributed by atoms with E-state index >= 15 is 0 Å². The van der Waals surface area contributed by atoms with Gasteiger partial charge >= 0.3 is 0 Å². The summed E-state index contributed by atoms with van der Waals surface area (Å²) in [7, 11) is 0. The van der Waals surface area contributed by atoms with Crippen LogP contribution in [0.5, 0.6) is 0 Å². The zero-order valence-electron chi connectivity index (χ0n) is 14.8. The normalized spacial score (nSPS) is 12.0. The van der Waals surface area contributed by atoms with Gasteiger partial charge in [0, 0.05) is 22.8 Å². The number of halogens is 2. The van der Waals surface area contributed by atoms with Crippen molar-refractivity contribution in [3.05, 3.63) is 59.4 Å². The Morgan fingerprint density at radius 3 is 2.67 bits per heavy atom. The highest BCUT2D eigenvalue weighted by atomic mass is 35.5. The molecule has 0 unspecified atom stereocenters. The van der Waals surface area contributed by atoms with Crippen LogP contribution in [0.25, 0.3) is 11.4 Å². The van der Waals surface area contributed by atoms with Crippen LogP contribution in [-0.2, 0) is 11.3 Å². The Morgan fingerprint density at radius 2 is 2.00 bits per heavy atom. The molecule has 140 valence electrons. The van der Waals surface area contributed by atoms with Gasteiger partial charge in [0.25, 0.3) is 0 Å². The Balaban J connectivity index is 1.75. The highest BCUT2D eigenvalue weighted by Gasteiger charge is 2.20. The number of thioether (sulfide) groups is 1. The van der Waals surface area contributed by atoms with Crippen LogP contribution in [-0.4, -0.2) is 25.9 Å². The molecule has 27 heavy (non-hydrogen) atoms. The van der Waals surface area contributed by atoms with Crippen molar-refractivity contribution in [3.8, 4) is 11.4 Å². The number of amides is 1. The summed E-state index contributed by atoms with van der Waals surface area (Å²) >= 11 is 7.25. The maximum Gasteiger partial charge on any atom is 0.237 e. The molecule has 1 N–H and O–H groups in total. The fraction of sp³-hybridized carbons (Fsp3) is 0.211. The average molecular weight is 405 g/mol. The van der Waals surface area contributed by atoms with Gasteiger partial charge in [0.2, 0.25) is 5.91 Å². The maximum atomic E-state index is 13.3. The molecule has 5 nitrogen and oxygen atoms in total. The Morgan fingerprint density at radius 1 is 1.26 bits per heavy atom. The van der Waals surface area contributed by atoms with E-state index in [0.29, 0.717) is 22.4 Å². The van der Waals surface area contributed by atoms with Crippen LogP contribution in [0.3, 0.4) is 0 Å². The van der Waals surface area contributed by atoms with Crippen molar-refractivity contribution in [1.82, 2.24) is 14.8 Å². The fourth-order valence-corrected chi connectivity index (χ4v) is 3.53. The van der Waals surface area contributed by atoms with Crippen LogP contribution in [0.2, 0.25) is 5.02 Å². The molecule has 3 rings (SSSR count). The molecule has 1 atom stereocenters. The van der Waals surface area contributed by atoms with Crippen molar-refractivity contribution in [3.63, 3.8) is 0 Å². The predicted octanol–water partition coefficient (Wildman–Crippen LogP) is 4.88. The van der Waals surface area contributed by atoms with Crippen molar-refractivity contribution in [2.75, 3.05) is 5.32 Å². The molecule has 0 aliphatic rings. The molecule has 1 amide bonds. The number of aromatic nitrogens is 3. The second kappa shape index (κ2) is 8.54. The molecule has 0 spiro atoms. The molecule has 0 aliphatic heterocycles. The highest BCUT2D eigenvalue weighted by molar-refractivity contribution is 8.00. The number of hydrogen-bond acceptors (Lipinski definition) is 4. The number of nitrogens with zero attached hydrogens (tertiary/aromatic N) is 3. The molecular weight excluding hydrogens is 387 g/mol. The number of carbonyl (C=O) groups excluding carboxylic acids is 1. The van der Waals surface area contributed by atoms with E-state index < -0.39 is 11.1 Å². The number of hydrogen-bond donors (Lipinski definition) is 1. The number of carbonyl (C=O) groups is 1. The van der Waals surface area contributed by atoms with E-state index in [-0.39, 0.29) is 5.91 Å². The molecular formula is C19H18ClFN4OS. The number of benzene rings is 2. The van der Waals surface area contributed by atoms with Gasteiger partial charge in [0.15, 0.2) is 11.0 Å². The highest BCUT2D eigenvalue weighted by Crippen LogP contribution is 2.28. The molecule has 0 saturated heterocycles. The third kappa shape index (κ3) is 4.67. The fourth-order valence-electron chi connectivity index (χ4n) is 2.50. The zero-order chi connectivity index (χ0) is 19.4. The maximum absolute atomic E-state index is 13.3. The minimum absolute atomic E-state index is 0.232. The summed E-state index contributed by atoms with van der Waals surface area (Å²) in [5, 5.41) is 12.1. The van der Waals surface area contributed by atoms with Crippen LogP contribution in [0.15, 0.2) is 53.7 Å².